The van der Waals surface area contributed by atoms with E-state index in [0.29, 0.717) is 5.92 Å². The third kappa shape index (κ3) is 1.46. The summed E-state index contributed by atoms with van der Waals surface area (Å²) >= 11 is 0. The topological polar surface area (TPSA) is 29.0 Å². The van der Waals surface area contributed by atoms with Crippen molar-refractivity contribution < 1.29 is 0 Å². The summed E-state index contributed by atoms with van der Waals surface area (Å²) < 4.78 is 0. The third-order valence-electron chi connectivity index (χ3n) is 3.79. The molecule has 0 saturated carbocycles. The number of piperidine rings is 1. The van der Waals surface area contributed by atoms with Crippen molar-refractivity contribution in [2.75, 3.05) is 19.6 Å². The first-order chi connectivity index (χ1) is 7.24. The second-order valence-electron chi connectivity index (χ2n) is 4.90. The molecule has 3 heteroatoms. The first kappa shape index (κ1) is 9.28. The highest BCUT2D eigenvalue weighted by Crippen LogP contribution is 2.39. The van der Waals surface area contributed by atoms with E-state index in [2.05, 4.69) is 21.8 Å². The van der Waals surface area contributed by atoms with Gasteiger partial charge in [-0.15, -0.1) is 0 Å². The number of hydrogen-bond acceptors (Lipinski definition) is 3. The van der Waals surface area contributed by atoms with Crippen LogP contribution in [0.3, 0.4) is 0 Å². The lowest BCUT2D eigenvalue weighted by Crippen LogP contribution is -2.23. The Bertz CT molecular complexity index is 388. The molecule has 3 heterocycles. The summed E-state index contributed by atoms with van der Waals surface area (Å²) in [5.41, 5.74) is 3.40. The molecule has 3 nitrogen and oxygen atoms in total. The van der Waals surface area contributed by atoms with Crippen LogP contribution in [-0.2, 0) is 0 Å². The molecule has 0 aliphatic carbocycles. The molecule has 1 aromatic heterocycles. The molecule has 0 N–H and O–H groups in total. The average molecular weight is 203 g/mol. The van der Waals surface area contributed by atoms with Crippen LogP contribution >= 0.6 is 0 Å². The lowest BCUT2D eigenvalue weighted by Gasteiger charge is -2.22. The fraction of sp³-hybridized carbons (Fsp3) is 0.667. The number of aromatic nitrogens is 2. The van der Waals surface area contributed by atoms with Crippen molar-refractivity contribution in [3.8, 4) is 0 Å². The Hall–Kier alpha value is -0.960. The molecule has 0 spiro atoms. The van der Waals surface area contributed by atoms with Crippen molar-refractivity contribution in [3.63, 3.8) is 0 Å². The number of nitrogens with zero attached hydrogens (tertiary/aromatic N) is 3. The summed E-state index contributed by atoms with van der Waals surface area (Å²) in [4.78, 5) is 11.7. The van der Waals surface area contributed by atoms with Gasteiger partial charge in [0.2, 0.25) is 0 Å². The fourth-order valence-electron chi connectivity index (χ4n) is 3.06. The van der Waals surface area contributed by atoms with Gasteiger partial charge in [-0.05, 0) is 32.7 Å². The molecule has 2 fully saturated rings. The minimum atomic E-state index is 0.645. The standard InChI is InChI=1S/C12H17N3/c1-8-5-13-12(9(2)14-8)11-7-15-4-3-10(11)6-15/h5,10-11H,3-4,6-7H2,1-2H3. The van der Waals surface area contributed by atoms with E-state index < -0.39 is 0 Å². The molecule has 2 aliphatic rings. The molecule has 80 valence electrons. The van der Waals surface area contributed by atoms with Crippen molar-refractivity contribution in [1.29, 1.82) is 0 Å². The first-order valence-corrected chi connectivity index (χ1v) is 5.76. The zero-order valence-corrected chi connectivity index (χ0v) is 9.40. The van der Waals surface area contributed by atoms with Crippen LogP contribution in [0.2, 0.25) is 0 Å². The fourth-order valence-corrected chi connectivity index (χ4v) is 3.06. The molecular weight excluding hydrogens is 186 g/mol. The van der Waals surface area contributed by atoms with Gasteiger partial charge in [0.05, 0.1) is 17.1 Å². The van der Waals surface area contributed by atoms with Gasteiger partial charge in [-0.2, -0.15) is 0 Å². The molecule has 2 saturated heterocycles. The maximum atomic E-state index is 4.59. The predicted molar refractivity (Wildman–Crippen MR) is 58.8 cm³/mol. The van der Waals surface area contributed by atoms with Crippen molar-refractivity contribution in [1.82, 2.24) is 14.9 Å². The van der Waals surface area contributed by atoms with Crippen molar-refractivity contribution in [2.24, 2.45) is 5.92 Å². The molecular formula is C12H17N3. The second-order valence-corrected chi connectivity index (χ2v) is 4.90. The van der Waals surface area contributed by atoms with E-state index in [0.717, 1.165) is 17.3 Å². The number of hydrogen-bond donors (Lipinski definition) is 0. The van der Waals surface area contributed by atoms with Gasteiger partial charge in [0.15, 0.2) is 0 Å². The molecule has 0 amide bonds. The van der Waals surface area contributed by atoms with Gasteiger partial charge in [-0.25, -0.2) is 0 Å². The van der Waals surface area contributed by atoms with Crippen LogP contribution in [-0.4, -0.2) is 34.5 Å². The first-order valence-electron chi connectivity index (χ1n) is 5.76. The number of rotatable bonds is 1. The Kier molecular flexibility index (Phi) is 2.02. The summed E-state index contributed by atoms with van der Waals surface area (Å²) in [6, 6.07) is 0. The van der Waals surface area contributed by atoms with Gasteiger partial charge in [0.1, 0.15) is 0 Å². The zero-order chi connectivity index (χ0) is 10.4. The largest absolute Gasteiger partial charge is 0.302 e. The van der Waals surface area contributed by atoms with E-state index in [9.17, 15) is 0 Å². The summed E-state index contributed by atoms with van der Waals surface area (Å²) in [7, 11) is 0. The molecule has 3 atom stereocenters. The summed E-state index contributed by atoms with van der Waals surface area (Å²) in [5, 5.41) is 0. The van der Waals surface area contributed by atoms with Crippen LogP contribution in [0, 0.1) is 19.8 Å². The van der Waals surface area contributed by atoms with Gasteiger partial charge in [0, 0.05) is 25.2 Å². The minimum Gasteiger partial charge on any atom is -0.302 e. The monoisotopic (exact) mass is 203 g/mol. The summed E-state index contributed by atoms with van der Waals surface area (Å²) in [5.74, 6) is 1.48. The van der Waals surface area contributed by atoms with E-state index >= 15 is 0 Å². The van der Waals surface area contributed by atoms with Gasteiger partial charge in [-0.3, -0.25) is 9.97 Å². The van der Waals surface area contributed by atoms with E-state index in [1.807, 2.05) is 13.1 Å². The van der Waals surface area contributed by atoms with E-state index in [1.54, 1.807) is 0 Å². The quantitative estimate of drug-likeness (QED) is 0.693. The van der Waals surface area contributed by atoms with Gasteiger partial charge >= 0.3 is 0 Å². The molecule has 1 aromatic rings. The van der Waals surface area contributed by atoms with Crippen LogP contribution in [0.1, 0.15) is 29.4 Å². The summed E-state index contributed by atoms with van der Waals surface area (Å²) in [6.07, 6.45) is 3.25. The SMILES string of the molecule is Cc1cnc(C2CN3CCC2C3)c(C)n1. The van der Waals surface area contributed by atoms with Gasteiger partial charge < -0.3 is 4.90 Å². The van der Waals surface area contributed by atoms with E-state index in [-0.39, 0.29) is 0 Å². The predicted octanol–water partition coefficient (Wildman–Crippen LogP) is 1.51. The van der Waals surface area contributed by atoms with Gasteiger partial charge in [-0.1, -0.05) is 0 Å². The van der Waals surface area contributed by atoms with Crippen LogP contribution in [0.25, 0.3) is 0 Å². The average Bonchev–Trinajstić information content (AvgIpc) is 2.78. The molecule has 0 radical (unpaired) electrons. The van der Waals surface area contributed by atoms with Crippen molar-refractivity contribution in [2.45, 2.75) is 26.2 Å². The maximum absolute atomic E-state index is 4.59. The number of fused-ring (bicyclic) bond motifs is 2. The normalized spacial score (nSPS) is 33.6. The molecule has 3 unspecified atom stereocenters. The zero-order valence-electron chi connectivity index (χ0n) is 9.40. The lowest BCUT2D eigenvalue weighted by atomic mass is 9.89. The molecule has 15 heavy (non-hydrogen) atoms. The summed E-state index contributed by atoms with van der Waals surface area (Å²) in [6.45, 7) is 7.87. The Morgan fingerprint density at radius 1 is 1.33 bits per heavy atom. The molecule has 2 aliphatic heterocycles. The van der Waals surface area contributed by atoms with Gasteiger partial charge in [0.25, 0.3) is 0 Å². The van der Waals surface area contributed by atoms with Crippen molar-refractivity contribution in [3.05, 3.63) is 23.3 Å². The Morgan fingerprint density at radius 3 is 2.80 bits per heavy atom. The third-order valence-corrected chi connectivity index (χ3v) is 3.79. The molecule has 0 aromatic carbocycles. The maximum Gasteiger partial charge on any atom is 0.0663 e. The molecule has 2 bridgehead atoms. The molecule has 3 rings (SSSR count). The van der Waals surface area contributed by atoms with Crippen LogP contribution in [0.15, 0.2) is 6.20 Å². The smallest absolute Gasteiger partial charge is 0.0663 e. The Labute approximate surface area is 90.5 Å². The van der Waals surface area contributed by atoms with Crippen LogP contribution < -0.4 is 0 Å². The number of aryl methyl sites for hydroxylation is 2. The highest BCUT2D eigenvalue weighted by Gasteiger charge is 2.40. The Balaban J connectivity index is 1.93. The van der Waals surface area contributed by atoms with Crippen LogP contribution in [0.4, 0.5) is 0 Å². The second kappa shape index (κ2) is 3.27. The Morgan fingerprint density at radius 2 is 2.20 bits per heavy atom. The van der Waals surface area contributed by atoms with Crippen molar-refractivity contribution >= 4 is 0 Å². The van der Waals surface area contributed by atoms with E-state index in [1.165, 1.54) is 31.7 Å². The minimum absolute atomic E-state index is 0.645. The highest BCUT2D eigenvalue weighted by atomic mass is 15.2. The van der Waals surface area contributed by atoms with Crippen LogP contribution in [0.5, 0.6) is 0 Å². The highest BCUT2D eigenvalue weighted by molar-refractivity contribution is 5.21. The lowest BCUT2D eigenvalue weighted by molar-refractivity contribution is 0.343. The van der Waals surface area contributed by atoms with E-state index in [4.69, 9.17) is 0 Å².